The summed E-state index contributed by atoms with van der Waals surface area (Å²) in [6.45, 7) is 2.56. The molecule has 0 spiro atoms. The third kappa shape index (κ3) is 3.08. The second-order valence-corrected chi connectivity index (χ2v) is 3.30. The van der Waals surface area contributed by atoms with Gasteiger partial charge in [0.2, 0.25) is 0 Å². The predicted molar refractivity (Wildman–Crippen MR) is 54.6 cm³/mol. The number of hydrogen-bond acceptors (Lipinski definition) is 1. The fourth-order valence-electron chi connectivity index (χ4n) is 1.14. The summed E-state index contributed by atoms with van der Waals surface area (Å²) in [7, 11) is 0. The minimum atomic E-state index is -0.219. The van der Waals surface area contributed by atoms with E-state index in [1.54, 1.807) is 6.07 Å². The van der Waals surface area contributed by atoms with Gasteiger partial charge in [0.05, 0.1) is 6.10 Å². The van der Waals surface area contributed by atoms with E-state index in [1.807, 2.05) is 13.0 Å². The van der Waals surface area contributed by atoms with Crippen LogP contribution in [0.1, 0.15) is 18.6 Å². The van der Waals surface area contributed by atoms with Crippen LogP contribution in [0.3, 0.4) is 0 Å². The summed E-state index contributed by atoms with van der Waals surface area (Å²) < 4.78 is 18.3. The molecule has 1 aromatic carbocycles. The van der Waals surface area contributed by atoms with Crippen LogP contribution in [-0.2, 0) is 4.74 Å². The molecule has 0 aromatic heterocycles. The first-order valence-electron chi connectivity index (χ1n) is 4.21. The molecule has 0 N–H and O–H groups in total. The highest BCUT2D eigenvalue weighted by atomic mass is 79.9. The summed E-state index contributed by atoms with van der Waals surface area (Å²) in [4.78, 5) is 0. The maximum Gasteiger partial charge on any atom is 0.123 e. The molecule has 0 aliphatic heterocycles. The average Bonchev–Trinajstić information content (AvgIpc) is 2.14. The van der Waals surface area contributed by atoms with E-state index in [1.165, 1.54) is 12.1 Å². The highest BCUT2D eigenvalue weighted by Gasteiger charge is 2.09. The van der Waals surface area contributed by atoms with E-state index in [0.29, 0.717) is 11.9 Å². The Hall–Kier alpha value is -0.410. The molecule has 0 saturated carbocycles. The zero-order valence-corrected chi connectivity index (χ0v) is 9.05. The molecule has 1 rings (SSSR count). The van der Waals surface area contributed by atoms with Gasteiger partial charge < -0.3 is 4.74 Å². The predicted octanol–water partition coefficient (Wildman–Crippen LogP) is 3.30. The Balaban J connectivity index is 2.78. The van der Waals surface area contributed by atoms with Gasteiger partial charge in [-0.2, -0.15) is 0 Å². The molecule has 1 nitrogen and oxygen atoms in total. The Morgan fingerprint density at radius 1 is 1.54 bits per heavy atom. The van der Waals surface area contributed by atoms with Crippen LogP contribution in [0.15, 0.2) is 24.3 Å². The van der Waals surface area contributed by atoms with Crippen molar-refractivity contribution in [1.82, 2.24) is 0 Å². The van der Waals surface area contributed by atoms with Crippen LogP contribution in [0.4, 0.5) is 4.39 Å². The Bertz CT molecular complexity index is 265. The zero-order valence-electron chi connectivity index (χ0n) is 7.47. The van der Waals surface area contributed by atoms with Crippen LogP contribution in [0.5, 0.6) is 0 Å². The molecule has 1 unspecified atom stereocenters. The average molecular weight is 247 g/mol. The van der Waals surface area contributed by atoms with Crippen molar-refractivity contribution in [2.75, 3.05) is 11.9 Å². The Morgan fingerprint density at radius 2 is 2.31 bits per heavy atom. The van der Waals surface area contributed by atoms with Crippen molar-refractivity contribution < 1.29 is 9.13 Å². The lowest BCUT2D eigenvalue weighted by atomic mass is 10.1. The molecule has 0 saturated heterocycles. The minimum absolute atomic E-state index is 0.0549. The maximum absolute atomic E-state index is 12.8. The summed E-state index contributed by atoms with van der Waals surface area (Å²) in [6.07, 6.45) is -0.0549. The summed E-state index contributed by atoms with van der Waals surface area (Å²) in [5, 5.41) is 0.685. The second-order valence-electron chi connectivity index (χ2n) is 2.65. The van der Waals surface area contributed by atoms with Crippen molar-refractivity contribution in [2.24, 2.45) is 0 Å². The first kappa shape index (κ1) is 10.7. The smallest absolute Gasteiger partial charge is 0.123 e. The first-order valence-corrected chi connectivity index (χ1v) is 5.33. The SMILES string of the molecule is CCOC(CBr)c1cccc(F)c1. The van der Waals surface area contributed by atoms with Crippen molar-refractivity contribution in [3.05, 3.63) is 35.6 Å². The standard InChI is InChI=1S/C10H12BrFO/c1-2-13-10(7-11)8-4-3-5-9(12)6-8/h3-6,10H,2,7H2,1H3. The van der Waals surface area contributed by atoms with Gasteiger partial charge >= 0.3 is 0 Å². The molecular formula is C10H12BrFO. The van der Waals surface area contributed by atoms with Gasteiger partial charge in [-0.1, -0.05) is 28.1 Å². The Morgan fingerprint density at radius 3 is 2.85 bits per heavy atom. The molecule has 0 amide bonds. The quantitative estimate of drug-likeness (QED) is 0.742. The first-order chi connectivity index (χ1) is 6.27. The maximum atomic E-state index is 12.8. The van der Waals surface area contributed by atoms with Crippen LogP contribution < -0.4 is 0 Å². The van der Waals surface area contributed by atoms with E-state index in [2.05, 4.69) is 15.9 Å². The summed E-state index contributed by atoms with van der Waals surface area (Å²) in [5.41, 5.74) is 0.874. The summed E-state index contributed by atoms with van der Waals surface area (Å²) in [6, 6.07) is 6.49. The number of hydrogen-bond donors (Lipinski definition) is 0. The Kier molecular flexibility index (Phi) is 4.39. The molecule has 0 aliphatic rings. The normalized spacial score (nSPS) is 12.8. The summed E-state index contributed by atoms with van der Waals surface area (Å²) >= 11 is 3.33. The van der Waals surface area contributed by atoms with Crippen LogP contribution in [-0.4, -0.2) is 11.9 Å². The van der Waals surface area contributed by atoms with Gasteiger partial charge in [0.1, 0.15) is 5.82 Å². The fourth-order valence-corrected chi connectivity index (χ4v) is 1.70. The lowest BCUT2D eigenvalue weighted by Crippen LogP contribution is -2.05. The topological polar surface area (TPSA) is 9.23 Å². The van der Waals surface area contributed by atoms with Gasteiger partial charge in [0, 0.05) is 11.9 Å². The monoisotopic (exact) mass is 246 g/mol. The third-order valence-electron chi connectivity index (χ3n) is 1.73. The number of benzene rings is 1. The zero-order chi connectivity index (χ0) is 9.68. The fraction of sp³-hybridized carbons (Fsp3) is 0.400. The largest absolute Gasteiger partial charge is 0.373 e. The van der Waals surface area contributed by atoms with E-state index in [0.717, 1.165) is 5.56 Å². The highest BCUT2D eigenvalue weighted by Crippen LogP contribution is 2.20. The van der Waals surface area contributed by atoms with Crippen LogP contribution >= 0.6 is 15.9 Å². The van der Waals surface area contributed by atoms with Gasteiger partial charge in [-0.25, -0.2) is 4.39 Å². The van der Waals surface area contributed by atoms with Crippen LogP contribution in [0.25, 0.3) is 0 Å². The molecule has 3 heteroatoms. The van der Waals surface area contributed by atoms with Crippen molar-refractivity contribution in [3.63, 3.8) is 0 Å². The van der Waals surface area contributed by atoms with Gasteiger partial charge in [-0.15, -0.1) is 0 Å². The van der Waals surface area contributed by atoms with E-state index in [-0.39, 0.29) is 11.9 Å². The molecule has 1 aromatic rings. The van der Waals surface area contributed by atoms with E-state index in [4.69, 9.17) is 4.74 Å². The molecule has 13 heavy (non-hydrogen) atoms. The van der Waals surface area contributed by atoms with Gasteiger partial charge in [0.25, 0.3) is 0 Å². The number of halogens is 2. The van der Waals surface area contributed by atoms with E-state index >= 15 is 0 Å². The number of ether oxygens (including phenoxy) is 1. The number of alkyl halides is 1. The van der Waals surface area contributed by atoms with Crippen LogP contribution in [0.2, 0.25) is 0 Å². The molecule has 0 aliphatic carbocycles. The van der Waals surface area contributed by atoms with Gasteiger partial charge in [-0.05, 0) is 24.6 Å². The van der Waals surface area contributed by atoms with Gasteiger partial charge in [0.15, 0.2) is 0 Å². The molecule has 0 fully saturated rings. The highest BCUT2D eigenvalue weighted by molar-refractivity contribution is 9.09. The molecule has 0 heterocycles. The van der Waals surface area contributed by atoms with Crippen molar-refractivity contribution >= 4 is 15.9 Å². The molecule has 0 bridgehead atoms. The minimum Gasteiger partial charge on any atom is -0.373 e. The molecule has 0 radical (unpaired) electrons. The third-order valence-corrected chi connectivity index (χ3v) is 2.32. The van der Waals surface area contributed by atoms with E-state index < -0.39 is 0 Å². The van der Waals surface area contributed by atoms with Crippen molar-refractivity contribution in [3.8, 4) is 0 Å². The second kappa shape index (κ2) is 5.35. The van der Waals surface area contributed by atoms with E-state index in [9.17, 15) is 4.39 Å². The molecule has 72 valence electrons. The van der Waals surface area contributed by atoms with Crippen LogP contribution in [0, 0.1) is 5.82 Å². The Labute approximate surface area is 86.0 Å². The van der Waals surface area contributed by atoms with Crippen molar-refractivity contribution in [1.29, 1.82) is 0 Å². The summed E-state index contributed by atoms with van der Waals surface area (Å²) in [5.74, 6) is -0.219. The number of rotatable bonds is 4. The molecular weight excluding hydrogens is 235 g/mol. The molecule has 1 atom stereocenters. The van der Waals surface area contributed by atoms with Gasteiger partial charge in [-0.3, -0.25) is 0 Å². The van der Waals surface area contributed by atoms with Crippen molar-refractivity contribution in [2.45, 2.75) is 13.0 Å². The lowest BCUT2D eigenvalue weighted by molar-refractivity contribution is 0.0804. The lowest BCUT2D eigenvalue weighted by Gasteiger charge is -2.14.